The Morgan fingerprint density at radius 1 is 1.11 bits per heavy atom. The number of unbranched alkanes of at least 4 members (excludes halogenated alkanes) is 2. The molecule has 0 aromatic carbocycles. The van der Waals surface area contributed by atoms with Gasteiger partial charge in [0, 0.05) is 13.2 Å². The van der Waals surface area contributed by atoms with Crippen molar-refractivity contribution in [2.75, 3.05) is 19.8 Å². The number of ether oxygens (including phenoxy) is 2. The molecule has 0 bridgehead atoms. The van der Waals surface area contributed by atoms with Crippen molar-refractivity contribution < 1.29 is 14.3 Å². The molecule has 4 heteroatoms. The molecule has 0 aliphatic heterocycles. The highest BCUT2D eigenvalue weighted by Gasteiger charge is 2.15. The summed E-state index contributed by atoms with van der Waals surface area (Å²) in [6.45, 7) is 8.29. The lowest BCUT2D eigenvalue weighted by atomic mass is 10.1. The minimum Gasteiger partial charge on any atom is -0.465 e. The van der Waals surface area contributed by atoms with Crippen LogP contribution in [0.2, 0.25) is 0 Å². The number of nitrogens with two attached hydrogens (primary N) is 1. The van der Waals surface area contributed by atoms with E-state index in [1.165, 1.54) is 0 Å². The molecule has 0 radical (unpaired) electrons. The van der Waals surface area contributed by atoms with Crippen LogP contribution in [0.1, 0.15) is 52.9 Å². The van der Waals surface area contributed by atoms with Crippen LogP contribution in [0.15, 0.2) is 0 Å². The molecule has 1 atom stereocenters. The minimum atomic E-state index is -0.474. The van der Waals surface area contributed by atoms with Crippen LogP contribution in [0.25, 0.3) is 0 Å². The molecule has 0 amide bonds. The maximum absolute atomic E-state index is 11.5. The van der Waals surface area contributed by atoms with Gasteiger partial charge < -0.3 is 15.2 Å². The number of hydrogen-bond acceptors (Lipinski definition) is 4. The van der Waals surface area contributed by atoms with E-state index in [1.807, 2.05) is 13.8 Å². The molecule has 0 fully saturated rings. The summed E-state index contributed by atoms with van der Waals surface area (Å²) >= 11 is 0. The Balaban J connectivity index is 3.35. The van der Waals surface area contributed by atoms with Gasteiger partial charge in [-0.05, 0) is 38.0 Å². The molecule has 108 valence electrons. The highest BCUT2D eigenvalue weighted by atomic mass is 16.5. The number of carbonyl (C=O) groups excluding carboxylic acids is 1. The van der Waals surface area contributed by atoms with Gasteiger partial charge >= 0.3 is 5.97 Å². The van der Waals surface area contributed by atoms with Crippen molar-refractivity contribution in [2.24, 2.45) is 11.7 Å². The van der Waals surface area contributed by atoms with Crippen molar-refractivity contribution >= 4 is 5.97 Å². The molecule has 0 aliphatic rings. The third-order valence-electron chi connectivity index (χ3n) is 2.55. The third-order valence-corrected chi connectivity index (χ3v) is 2.55. The van der Waals surface area contributed by atoms with Crippen LogP contribution in [0.5, 0.6) is 0 Å². The maximum Gasteiger partial charge on any atom is 0.322 e. The SMILES string of the molecule is CCCOCCCCCOC(=O)[C@@H](N)CC(C)C. The van der Waals surface area contributed by atoms with Crippen LogP contribution in [0.3, 0.4) is 0 Å². The summed E-state index contributed by atoms with van der Waals surface area (Å²) in [5.74, 6) is 0.147. The van der Waals surface area contributed by atoms with E-state index in [0.29, 0.717) is 18.9 Å². The summed E-state index contributed by atoms with van der Waals surface area (Å²) in [6.07, 6.45) is 4.68. The van der Waals surface area contributed by atoms with Crippen LogP contribution in [-0.2, 0) is 14.3 Å². The molecule has 0 aromatic heterocycles. The predicted octanol–water partition coefficient (Wildman–Crippen LogP) is 2.50. The Hall–Kier alpha value is -0.610. The van der Waals surface area contributed by atoms with Gasteiger partial charge in [-0.2, -0.15) is 0 Å². The zero-order valence-electron chi connectivity index (χ0n) is 12.1. The number of carbonyl (C=O) groups is 1. The minimum absolute atomic E-state index is 0.272. The zero-order chi connectivity index (χ0) is 13.8. The van der Waals surface area contributed by atoms with Crippen LogP contribution >= 0.6 is 0 Å². The van der Waals surface area contributed by atoms with Gasteiger partial charge in [0.15, 0.2) is 0 Å². The first-order chi connectivity index (χ1) is 8.57. The maximum atomic E-state index is 11.5. The Morgan fingerprint density at radius 2 is 1.78 bits per heavy atom. The molecule has 0 heterocycles. The summed E-state index contributed by atoms with van der Waals surface area (Å²) in [5, 5.41) is 0. The smallest absolute Gasteiger partial charge is 0.322 e. The fraction of sp³-hybridized carbons (Fsp3) is 0.929. The zero-order valence-corrected chi connectivity index (χ0v) is 12.1. The first kappa shape index (κ1) is 17.4. The quantitative estimate of drug-likeness (QED) is 0.457. The third kappa shape index (κ3) is 10.5. The van der Waals surface area contributed by atoms with Crippen LogP contribution < -0.4 is 5.73 Å². The normalized spacial score (nSPS) is 12.7. The van der Waals surface area contributed by atoms with Crippen LogP contribution in [0.4, 0.5) is 0 Å². The van der Waals surface area contributed by atoms with Gasteiger partial charge in [0.1, 0.15) is 6.04 Å². The summed E-state index contributed by atoms with van der Waals surface area (Å²) in [4.78, 5) is 11.5. The highest BCUT2D eigenvalue weighted by molar-refractivity contribution is 5.75. The van der Waals surface area contributed by atoms with E-state index in [4.69, 9.17) is 15.2 Å². The molecule has 0 aromatic rings. The van der Waals surface area contributed by atoms with E-state index in [2.05, 4.69) is 6.92 Å². The first-order valence-electron chi connectivity index (χ1n) is 7.07. The second kappa shape index (κ2) is 11.5. The van der Waals surface area contributed by atoms with Crippen LogP contribution in [-0.4, -0.2) is 31.8 Å². The van der Waals surface area contributed by atoms with E-state index < -0.39 is 6.04 Å². The van der Waals surface area contributed by atoms with Gasteiger partial charge in [0.2, 0.25) is 0 Å². The van der Waals surface area contributed by atoms with Crippen molar-refractivity contribution in [3.8, 4) is 0 Å². The lowest BCUT2D eigenvalue weighted by molar-refractivity contribution is -0.145. The predicted molar refractivity (Wildman–Crippen MR) is 73.4 cm³/mol. The van der Waals surface area contributed by atoms with E-state index >= 15 is 0 Å². The Morgan fingerprint density at radius 3 is 2.39 bits per heavy atom. The lowest BCUT2D eigenvalue weighted by Crippen LogP contribution is -2.33. The molecular formula is C14H29NO3. The molecule has 0 spiro atoms. The van der Waals surface area contributed by atoms with Crippen molar-refractivity contribution in [1.29, 1.82) is 0 Å². The Bertz CT molecular complexity index is 207. The molecule has 0 rings (SSSR count). The second-order valence-electron chi connectivity index (χ2n) is 5.08. The molecule has 18 heavy (non-hydrogen) atoms. The van der Waals surface area contributed by atoms with Gasteiger partial charge in [-0.15, -0.1) is 0 Å². The average molecular weight is 259 g/mol. The van der Waals surface area contributed by atoms with Gasteiger partial charge in [-0.3, -0.25) is 4.79 Å². The Labute approximate surface area is 111 Å². The fourth-order valence-electron chi connectivity index (χ4n) is 1.61. The summed E-state index contributed by atoms with van der Waals surface area (Å²) < 4.78 is 10.5. The van der Waals surface area contributed by atoms with E-state index in [1.54, 1.807) is 0 Å². The van der Waals surface area contributed by atoms with Crippen LogP contribution in [0, 0.1) is 5.92 Å². The molecular weight excluding hydrogens is 230 g/mol. The molecule has 4 nitrogen and oxygen atoms in total. The largest absolute Gasteiger partial charge is 0.465 e. The summed E-state index contributed by atoms with van der Waals surface area (Å²) in [5.41, 5.74) is 5.72. The highest BCUT2D eigenvalue weighted by Crippen LogP contribution is 2.05. The number of rotatable bonds is 11. The van der Waals surface area contributed by atoms with E-state index in [0.717, 1.165) is 38.9 Å². The monoisotopic (exact) mass is 259 g/mol. The fourth-order valence-corrected chi connectivity index (χ4v) is 1.61. The Kier molecular flexibility index (Phi) is 11.1. The van der Waals surface area contributed by atoms with Crippen molar-refractivity contribution in [1.82, 2.24) is 0 Å². The average Bonchev–Trinajstić information content (AvgIpc) is 2.31. The van der Waals surface area contributed by atoms with Crippen molar-refractivity contribution in [2.45, 2.75) is 58.9 Å². The lowest BCUT2D eigenvalue weighted by Gasteiger charge is -2.13. The summed E-state index contributed by atoms with van der Waals surface area (Å²) in [6, 6.07) is -0.474. The second-order valence-corrected chi connectivity index (χ2v) is 5.08. The van der Waals surface area contributed by atoms with Gasteiger partial charge in [-0.25, -0.2) is 0 Å². The van der Waals surface area contributed by atoms with Gasteiger partial charge in [0.05, 0.1) is 6.61 Å². The number of esters is 1. The molecule has 2 N–H and O–H groups in total. The molecule has 0 saturated carbocycles. The molecule has 0 aliphatic carbocycles. The summed E-state index contributed by atoms with van der Waals surface area (Å²) in [7, 11) is 0. The topological polar surface area (TPSA) is 61.5 Å². The standard InChI is InChI=1S/C14H29NO3/c1-4-8-17-9-6-5-7-10-18-14(16)13(15)11-12(2)3/h12-13H,4-11,15H2,1-3H3/t13-/m0/s1. The van der Waals surface area contributed by atoms with E-state index in [-0.39, 0.29) is 5.97 Å². The molecule has 0 saturated heterocycles. The first-order valence-corrected chi connectivity index (χ1v) is 7.07. The van der Waals surface area contributed by atoms with Gasteiger partial charge in [0.25, 0.3) is 0 Å². The van der Waals surface area contributed by atoms with Gasteiger partial charge in [-0.1, -0.05) is 20.8 Å². The number of hydrogen-bond donors (Lipinski definition) is 1. The molecule has 0 unspecified atom stereocenters. The van der Waals surface area contributed by atoms with Crippen molar-refractivity contribution in [3.05, 3.63) is 0 Å². The van der Waals surface area contributed by atoms with E-state index in [9.17, 15) is 4.79 Å². The van der Waals surface area contributed by atoms with Crippen molar-refractivity contribution in [3.63, 3.8) is 0 Å².